The first-order chi connectivity index (χ1) is 16.6. The van der Waals surface area contributed by atoms with Gasteiger partial charge < -0.3 is 20.9 Å². The van der Waals surface area contributed by atoms with Crippen LogP contribution in [0.5, 0.6) is 0 Å². The highest BCUT2D eigenvalue weighted by molar-refractivity contribution is 5.75. The van der Waals surface area contributed by atoms with Crippen LogP contribution in [0.4, 0.5) is 35.9 Å². The van der Waals surface area contributed by atoms with Gasteiger partial charge in [0.15, 0.2) is 0 Å². The second-order valence-corrected chi connectivity index (χ2v) is 11.5. The molecule has 0 aromatic carbocycles. The van der Waals surface area contributed by atoms with Gasteiger partial charge in [0, 0.05) is 24.7 Å². The van der Waals surface area contributed by atoms with E-state index >= 15 is 0 Å². The maximum atomic E-state index is 12.2. The molecule has 0 bridgehead atoms. The minimum Gasteiger partial charge on any atom is -0.335 e. The Labute approximate surface area is 227 Å². The number of amides is 4. The molecule has 3 N–H and O–H groups in total. The Morgan fingerprint density at radius 1 is 0.605 bits per heavy atom. The van der Waals surface area contributed by atoms with Crippen LogP contribution in [0, 0.1) is 10.8 Å². The molecule has 0 aliphatic rings. The molecular formula is C26H54F6N4O2. The van der Waals surface area contributed by atoms with Gasteiger partial charge in [-0.15, -0.1) is 0 Å². The van der Waals surface area contributed by atoms with Crippen LogP contribution in [0.25, 0.3) is 0 Å². The molecule has 0 spiro atoms. The maximum absolute atomic E-state index is 12.2. The van der Waals surface area contributed by atoms with Gasteiger partial charge in [-0.1, -0.05) is 69.2 Å². The van der Waals surface area contributed by atoms with Crippen molar-refractivity contribution < 1.29 is 35.9 Å². The monoisotopic (exact) mass is 568 g/mol. The number of nitrogens with zero attached hydrogens (tertiary/aromatic N) is 1. The first-order valence-corrected chi connectivity index (χ1v) is 12.9. The Balaban J connectivity index is -0.000000274. The minimum absolute atomic E-state index is 0.00933. The molecule has 4 amide bonds. The first-order valence-electron chi connectivity index (χ1n) is 12.9. The van der Waals surface area contributed by atoms with Gasteiger partial charge in [0.05, 0.1) is 0 Å². The standard InChI is InChI=1S/C12H26N2O.C10H16F6N2O.2C2H6/c1-9(11(2,3)4)13-10(15)14(8)12(5,6)7;1-5(8(2,3)4)17-7(19)18-6(9(11,12)13)10(14,15)16;2*1-2/h9H,1-8H3,(H,13,15);5-6H,1-4H3,(H2,17,18,19);2*1-2H3. The van der Waals surface area contributed by atoms with Crippen LogP contribution >= 0.6 is 0 Å². The second kappa shape index (κ2) is 16.9. The van der Waals surface area contributed by atoms with Crippen LogP contribution in [0.1, 0.15) is 104 Å². The fourth-order valence-corrected chi connectivity index (χ4v) is 1.74. The van der Waals surface area contributed by atoms with Gasteiger partial charge >= 0.3 is 24.4 Å². The lowest BCUT2D eigenvalue weighted by Crippen LogP contribution is -2.58. The molecule has 0 heterocycles. The lowest BCUT2D eigenvalue weighted by Gasteiger charge is -2.35. The van der Waals surface area contributed by atoms with E-state index in [4.69, 9.17) is 0 Å². The number of carbonyl (C=O) groups is 2. The summed E-state index contributed by atoms with van der Waals surface area (Å²) in [6.45, 7) is 29.0. The van der Waals surface area contributed by atoms with Crippen LogP contribution in [0.3, 0.4) is 0 Å². The summed E-state index contributed by atoms with van der Waals surface area (Å²) in [7, 11) is 1.82. The summed E-state index contributed by atoms with van der Waals surface area (Å²) in [5, 5.41) is 5.96. The van der Waals surface area contributed by atoms with Crippen molar-refractivity contribution in [3.8, 4) is 0 Å². The SMILES string of the molecule is CC.CC.CC(NC(=O)N(C)C(C)(C)C)C(C)(C)C.CC(NC(=O)NC(C(F)(F)F)C(F)(F)F)C(C)(C)C. The van der Waals surface area contributed by atoms with Crippen molar-refractivity contribution in [3.05, 3.63) is 0 Å². The van der Waals surface area contributed by atoms with Crippen LogP contribution in [0.15, 0.2) is 0 Å². The molecule has 0 aliphatic heterocycles. The molecule has 12 heteroatoms. The van der Waals surface area contributed by atoms with Gasteiger partial charge in [0.1, 0.15) is 0 Å². The van der Waals surface area contributed by atoms with E-state index in [0.29, 0.717) is 0 Å². The number of nitrogens with one attached hydrogen (secondary N) is 3. The molecule has 0 saturated carbocycles. The highest BCUT2D eigenvalue weighted by atomic mass is 19.4. The third-order valence-corrected chi connectivity index (χ3v) is 5.53. The Bertz CT molecular complexity index is 647. The summed E-state index contributed by atoms with van der Waals surface area (Å²) in [4.78, 5) is 24.8. The number of halogens is 6. The van der Waals surface area contributed by atoms with Crippen molar-refractivity contribution >= 4 is 12.1 Å². The molecule has 0 radical (unpaired) electrons. The largest absolute Gasteiger partial charge is 0.417 e. The normalized spacial score (nSPS) is 13.8. The molecule has 0 rings (SSSR count). The van der Waals surface area contributed by atoms with Crippen LogP contribution in [-0.2, 0) is 0 Å². The maximum Gasteiger partial charge on any atom is 0.417 e. The summed E-state index contributed by atoms with van der Waals surface area (Å²) >= 11 is 0. The van der Waals surface area contributed by atoms with Crippen molar-refractivity contribution in [1.82, 2.24) is 20.9 Å². The molecule has 0 aromatic heterocycles. The Kier molecular flexibility index (Phi) is 19.3. The summed E-state index contributed by atoms with van der Waals surface area (Å²) in [6, 6.07) is -5.84. The molecule has 38 heavy (non-hydrogen) atoms. The zero-order valence-corrected chi connectivity index (χ0v) is 26.3. The molecule has 0 aliphatic carbocycles. The van der Waals surface area contributed by atoms with E-state index < -0.39 is 35.9 Å². The van der Waals surface area contributed by atoms with E-state index in [0.717, 1.165) is 5.32 Å². The highest BCUT2D eigenvalue weighted by Gasteiger charge is 2.57. The predicted molar refractivity (Wildman–Crippen MR) is 144 cm³/mol. The summed E-state index contributed by atoms with van der Waals surface area (Å²) < 4.78 is 73.1. The van der Waals surface area contributed by atoms with Crippen molar-refractivity contribution in [1.29, 1.82) is 0 Å². The van der Waals surface area contributed by atoms with E-state index in [1.54, 1.807) is 25.7 Å². The third kappa shape index (κ3) is 19.2. The van der Waals surface area contributed by atoms with E-state index in [9.17, 15) is 35.9 Å². The summed E-state index contributed by atoms with van der Waals surface area (Å²) in [5.74, 6) is 0. The molecule has 232 valence electrons. The van der Waals surface area contributed by atoms with Gasteiger partial charge in [-0.3, -0.25) is 0 Å². The van der Waals surface area contributed by atoms with Gasteiger partial charge in [0.2, 0.25) is 6.04 Å². The number of hydrogen-bond acceptors (Lipinski definition) is 2. The lowest BCUT2D eigenvalue weighted by atomic mass is 9.88. The molecule has 0 aromatic rings. The van der Waals surface area contributed by atoms with Crippen molar-refractivity contribution in [2.75, 3.05) is 7.05 Å². The highest BCUT2D eigenvalue weighted by Crippen LogP contribution is 2.33. The zero-order valence-electron chi connectivity index (χ0n) is 26.3. The Hall–Kier alpha value is -1.88. The van der Waals surface area contributed by atoms with E-state index in [-0.39, 0.29) is 23.0 Å². The van der Waals surface area contributed by atoms with Crippen LogP contribution < -0.4 is 16.0 Å². The summed E-state index contributed by atoms with van der Waals surface area (Å²) in [6.07, 6.45) is -11.2. The van der Waals surface area contributed by atoms with Crippen molar-refractivity contribution in [2.45, 2.75) is 140 Å². The molecular weight excluding hydrogens is 514 g/mol. The number of carbonyl (C=O) groups excluding carboxylic acids is 2. The smallest absolute Gasteiger partial charge is 0.335 e. The first kappa shape index (κ1) is 43.2. The Morgan fingerprint density at radius 3 is 1.13 bits per heavy atom. The van der Waals surface area contributed by atoms with E-state index in [1.165, 1.54) is 6.92 Å². The number of hydrogen-bond donors (Lipinski definition) is 3. The van der Waals surface area contributed by atoms with Gasteiger partial charge in [0.25, 0.3) is 0 Å². The van der Waals surface area contributed by atoms with Crippen LogP contribution in [-0.4, -0.2) is 60.0 Å². The molecule has 0 saturated heterocycles. The second-order valence-electron chi connectivity index (χ2n) is 11.5. The minimum atomic E-state index is -5.60. The van der Waals surface area contributed by atoms with E-state index in [2.05, 4.69) is 26.1 Å². The molecule has 0 fully saturated rings. The zero-order chi connectivity index (χ0) is 32.1. The van der Waals surface area contributed by atoms with Gasteiger partial charge in [-0.05, 0) is 45.4 Å². The number of urea groups is 2. The molecule has 6 nitrogen and oxygen atoms in total. The average Bonchev–Trinajstić information content (AvgIpc) is 2.71. The van der Waals surface area contributed by atoms with E-state index in [1.807, 2.05) is 67.8 Å². The third-order valence-electron chi connectivity index (χ3n) is 5.53. The lowest BCUT2D eigenvalue weighted by molar-refractivity contribution is -0.255. The topological polar surface area (TPSA) is 73.5 Å². The van der Waals surface area contributed by atoms with Crippen molar-refractivity contribution in [3.63, 3.8) is 0 Å². The fraction of sp³-hybridized carbons (Fsp3) is 0.923. The summed E-state index contributed by atoms with van der Waals surface area (Å²) in [5.41, 5.74) is -0.542. The van der Waals surface area contributed by atoms with Crippen LogP contribution in [0.2, 0.25) is 0 Å². The molecule has 2 atom stereocenters. The van der Waals surface area contributed by atoms with Crippen molar-refractivity contribution in [2.24, 2.45) is 10.8 Å². The quantitative estimate of drug-likeness (QED) is 0.301. The number of alkyl halides is 6. The molecule has 2 unspecified atom stereocenters. The van der Waals surface area contributed by atoms with Gasteiger partial charge in [-0.25, -0.2) is 9.59 Å². The predicted octanol–water partition coefficient (Wildman–Crippen LogP) is 8.13. The fourth-order valence-electron chi connectivity index (χ4n) is 1.74. The average molecular weight is 569 g/mol. The number of rotatable bonds is 3. The van der Waals surface area contributed by atoms with Gasteiger partial charge in [-0.2, -0.15) is 26.3 Å². The Morgan fingerprint density at radius 2 is 0.895 bits per heavy atom.